The number of anilines is 1. The summed E-state index contributed by atoms with van der Waals surface area (Å²) >= 11 is 0. The van der Waals surface area contributed by atoms with Crippen LogP contribution < -0.4 is 4.90 Å². The molecule has 2 rings (SSSR count). The SMILES string of the molecule is CC1CN(c2cccc(C#N)c2[N+](=O)[O-])CC(CO)O1. The van der Waals surface area contributed by atoms with Crippen molar-refractivity contribution in [2.75, 3.05) is 24.6 Å². The molecule has 0 spiro atoms. The molecule has 106 valence electrons. The summed E-state index contributed by atoms with van der Waals surface area (Å²) in [5.74, 6) is 0. The third-order valence-electron chi connectivity index (χ3n) is 3.19. The fourth-order valence-electron chi connectivity index (χ4n) is 2.41. The van der Waals surface area contributed by atoms with E-state index in [2.05, 4.69) is 0 Å². The Labute approximate surface area is 116 Å². The number of para-hydroxylation sites is 1. The molecule has 1 N–H and O–H groups in total. The molecular weight excluding hydrogens is 262 g/mol. The Morgan fingerprint density at radius 3 is 2.95 bits per heavy atom. The number of benzene rings is 1. The lowest BCUT2D eigenvalue weighted by Crippen LogP contribution is -2.48. The minimum absolute atomic E-state index is 0.0344. The van der Waals surface area contributed by atoms with Gasteiger partial charge in [-0.1, -0.05) is 6.07 Å². The number of hydrogen-bond acceptors (Lipinski definition) is 6. The minimum Gasteiger partial charge on any atom is -0.394 e. The van der Waals surface area contributed by atoms with E-state index in [-0.39, 0.29) is 30.1 Å². The number of hydrogen-bond donors (Lipinski definition) is 1. The lowest BCUT2D eigenvalue weighted by atomic mass is 10.1. The van der Waals surface area contributed by atoms with Crippen LogP contribution in [0.4, 0.5) is 11.4 Å². The number of ether oxygens (including phenoxy) is 1. The standard InChI is InChI=1S/C13H15N3O4/c1-9-6-15(7-11(8-17)20-9)12-4-2-3-10(5-14)13(12)16(18)19/h2-4,9,11,17H,6-8H2,1H3. The van der Waals surface area contributed by atoms with E-state index in [0.29, 0.717) is 18.8 Å². The van der Waals surface area contributed by atoms with Gasteiger partial charge in [-0.3, -0.25) is 10.1 Å². The molecule has 1 aliphatic rings. The molecule has 1 saturated heterocycles. The fraction of sp³-hybridized carbons (Fsp3) is 0.462. The van der Waals surface area contributed by atoms with Crippen molar-refractivity contribution < 1.29 is 14.8 Å². The molecule has 1 fully saturated rings. The molecule has 1 aliphatic heterocycles. The van der Waals surface area contributed by atoms with Gasteiger partial charge in [0, 0.05) is 13.1 Å². The van der Waals surface area contributed by atoms with E-state index >= 15 is 0 Å². The maximum atomic E-state index is 11.2. The second kappa shape index (κ2) is 5.86. The summed E-state index contributed by atoms with van der Waals surface area (Å²) in [7, 11) is 0. The number of nitro benzene ring substituents is 1. The third-order valence-corrected chi connectivity index (χ3v) is 3.19. The summed E-state index contributed by atoms with van der Waals surface area (Å²) in [6, 6.07) is 6.51. The Morgan fingerprint density at radius 1 is 1.60 bits per heavy atom. The molecular formula is C13H15N3O4. The van der Waals surface area contributed by atoms with Crippen molar-refractivity contribution in [3.05, 3.63) is 33.9 Å². The second-order valence-corrected chi connectivity index (χ2v) is 4.70. The summed E-state index contributed by atoms with van der Waals surface area (Å²) in [4.78, 5) is 12.5. The first kappa shape index (κ1) is 14.2. The van der Waals surface area contributed by atoms with Gasteiger partial charge in [0.2, 0.25) is 0 Å². The fourth-order valence-corrected chi connectivity index (χ4v) is 2.41. The Morgan fingerprint density at radius 2 is 2.35 bits per heavy atom. The Hall–Kier alpha value is -2.17. The highest BCUT2D eigenvalue weighted by Crippen LogP contribution is 2.33. The molecule has 0 saturated carbocycles. The van der Waals surface area contributed by atoms with Crippen molar-refractivity contribution in [1.29, 1.82) is 5.26 Å². The van der Waals surface area contributed by atoms with Gasteiger partial charge in [0.25, 0.3) is 0 Å². The van der Waals surface area contributed by atoms with E-state index in [9.17, 15) is 15.2 Å². The smallest absolute Gasteiger partial charge is 0.310 e. The van der Waals surface area contributed by atoms with Crippen LogP contribution in [0.15, 0.2) is 18.2 Å². The highest BCUT2D eigenvalue weighted by Gasteiger charge is 2.30. The van der Waals surface area contributed by atoms with E-state index in [1.165, 1.54) is 6.07 Å². The highest BCUT2D eigenvalue weighted by atomic mass is 16.6. The average Bonchev–Trinajstić information content (AvgIpc) is 2.45. The number of aliphatic hydroxyl groups is 1. The lowest BCUT2D eigenvalue weighted by molar-refractivity contribution is -0.384. The molecule has 1 aromatic rings. The zero-order valence-corrected chi connectivity index (χ0v) is 11.0. The molecule has 0 aromatic heterocycles. The Balaban J connectivity index is 2.42. The topological polar surface area (TPSA) is 99.6 Å². The summed E-state index contributed by atoms with van der Waals surface area (Å²) < 4.78 is 5.52. The number of rotatable bonds is 3. The van der Waals surface area contributed by atoms with Crippen LogP contribution in [0.2, 0.25) is 0 Å². The predicted molar refractivity (Wildman–Crippen MR) is 71.4 cm³/mol. The molecule has 1 heterocycles. The van der Waals surface area contributed by atoms with Gasteiger partial charge in [-0.05, 0) is 19.1 Å². The maximum Gasteiger partial charge on any atom is 0.310 e. The second-order valence-electron chi connectivity index (χ2n) is 4.70. The average molecular weight is 277 g/mol. The molecule has 0 aliphatic carbocycles. The first-order valence-electron chi connectivity index (χ1n) is 6.25. The van der Waals surface area contributed by atoms with Crippen LogP contribution in [0.3, 0.4) is 0 Å². The highest BCUT2D eigenvalue weighted by molar-refractivity contribution is 5.70. The van der Waals surface area contributed by atoms with Crippen LogP contribution in [-0.4, -0.2) is 41.9 Å². The van der Waals surface area contributed by atoms with Crippen LogP contribution >= 0.6 is 0 Å². The van der Waals surface area contributed by atoms with E-state index in [0.717, 1.165) is 0 Å². The van der Waals surface area contributed by atoms with Crippen molar-refractivity contribution in [1.82, 2.24) is 0 Å². The van der Waals surface area contributed by atoms with Crippen LogP contribution in [-0.2, 0) is 4.74 Å². The normalized spacial score (nSPS) is 22.4. The van der Waals surface area contributed by atoms with Crippen molar-refractivity contribution >= 4 is 11.4 Å². The molecule has 2 atom stereocenters. The summed E-state index contributed by atoms with van der Waals surface area (Å²) in [6.07, 6.45) is -0.532. The van der Waals surface area contributed by atoms with E-state index in [1.807, 2.05) is 13.0 Å². The van der Waals surface area contributed by atoms with Crippen LogP contribution in [0.5, 0.6) is 0 Å². The van der Waals surface area contributed by atoms with E-state index in [4.69, 9.17) is 10.00 Å². The van der Waals surface area contributed by atoms with E-state index in [1.54, 1.807) is 17.0 Å². The number of morpholine rings is 1. The first-order chi connectivity index (χ1) is 9.56. The number of aliphatic hydroxyl groups excluding tert-OH is 1. The lowest BCUT2D eigenvalue weighted by Gasteiger charge is -2.37. The van der Waals surface area contributed by atoms with Gasteiger partial charge in [-0.15, -0.1) is 0 Å². The molecule has 0 radical (unpaired) electrons. The summed E-state index contributed by atoms with van der Waals surface area (Å²) in [6.45, 7) is 2.53. The van der Waals surface area contributed by atoms with Crippen molar-refractivity contribution in [3.63, 3.8) is 0 Å². The number of nitriles is 1. The van der Waals surface area contributed by atoms with Gasteiger partial charge in [-0.2, -0.15) is 5.26 Å². The summed E-state index contributed by atoms with van der Waals surface area (Å²) in [5, 5.41) is 29.4. The van der Waals surface area contributed by atoms with Gasteiger partial charge < -0.3 is 14.7 Å². The first-order valence-corrected chi connectivity index (χ1v) is 6.25. The maximum absolute atomic E-state index is 11.2. The van der Waals surface area contributed by atoms with Crippen molar-refractivity contribution in [2.24, 2.45) is 0 Å². The zero-order chi connectivity index (χ0) is 14.7. The molecule has 2 unspecified atom stereocenters. The third kappa shape index (κ3) is 2.71. The largest absolute Gasteiger partial charge is 0.394 e. The van der Waals surface area contributed by atoms with Gasteiger partial charge in [-0.25, -0.2) is 0 Å². The molecule has 20 heavy (non-hydrogen) atoms. The van der Waals surface area contributed by atoms with Crippen LogP contribution in [0, 0.1) is 21.4 Å². The number of nitrogens with zero attached hydrogens (tertiary/aromatic N) is 3. The van der Waals surface area contributed by atoms with Crippen molar-refractivity contribution in [2.45, 2.75) is 19.1 Å². The monoisotopic (exact) mass is 277 g/mol. The van der Waals surface area contributed by atoms with Crippen LogP contribution in [0.25, 0.3) is 0 Å². The zero-order valence-electron chi connectivity index (χ0n) is 11.0. The van der Waals surface area contributed by atoms with Crippen molar-refractivity contribution in [3.8, 4) is 6.07 Å². The van der Waals surface area contributed by atoms with E-state index < -0.39 is 4.92 Å². The number of nitro groups is 1. The van der Waals surface area contributed by atoms with Gasteiger partial charge in [0.15, 0.2) is 0 Å². The molecule has 7 heteroatoms. The summed E-state index contributed by atoms with van der Waals surface area (Å²) in [5.41, 5.74) is 0.232. The predicted octanol–water partition coefficient (Wildman–Crippen LogP) is 1.05. The van der Waals surface area contributed by atoms with Gasteiger partial charge in [0.1, 0.15) is 17.3 Å². The molecule has 0 amide bonds. The molecule has 1 aromatic carbocycles. The Bertz CT molecular complexity index is 555. The van der Waals surface area contributed by atoms with Gasteiger partial charge in [0.05, 0.1) is 23.7 Å². The van der Waals surface area contributed by atoms with Crippen LogP contribution in [0.1, 0.15) is 12.5 Å². The molecule has 7 nitrogen and oxygen atoms in total. The minimum atomic E-state index is -0.540. The Kier molecular flexibility index (Phi) is 4.17. The molecule has 0 bridgehead atoms. The van der Waals surface area contributed by atoms with Gasteiger partial charge >= 0.3 is 5.69 Å². The quantitative estimate of drug-likeness (QED) is 0.655.